The van der Waals surface area contributed by atoms with E-state index in [1.807, 2.05) is 6.92 Å². The fourth-order valence-electron chi connectivity index (χ4n) is 1.20. The fraction of sp³-hybridized carbons (Fsp3) is 0.333. The minimum atomic E-state index is -3.15. The van der Waals surface area contributed by atoms with Crippen LogP contribution in [0.1, 0.15) is 26.3 Å². The molecule has 0 saturated heterocycles. The molecule has 0 aliphatic rings. The lowest BCUT2D eigenvalue weighted by Crippen LogP contribution is -2.13. The summed E-state index contributed by atoms with van der Waals surface area (Å²) in [5.74, 6) is 0. The standard InChI is InChI=1S/C12H16O2S/c1-9(2)11-5-7-12(8-6-11)15(13,14)10(3)4/h5-8,10H,1H2,2-4H3. The Labute approximate surface area is 91.6 Å². The highest BCUT2D eigenvalue weighted by atomic mass is 32.2. The zero-order chi connectivity index (χ0) is 11.6. The van der Waals surface area contributed by atoms with E-state index in [4.69, 9.17) is 0 Å². The van der Waals surface area contributed by atoms with Gasteiger partial charge in [0.1, 0.15) is 0 Å². The largest absolute Gasteiger partial charge is 0.223 e. The van der Waals surface area contributed by atoms with Crippen LogP contribution < -0.4 is 0 Å². The van der Waals surface area contributed by atoms with E-state index in [0.717, 1.165) is 11.1 Å². The molecule has 2 nitrogen and oxygen atoms in total. The first-order valence-corrected chi connectivity index (χ1v) is 6.40. The summed E-state index contributed by atoms with van der Waals surface area (Å²) in [4.78, 5) is 0.377. The lowest BCUT2D eigenvalue weighted by Gasteiger charge is -2.08. The molecule has 82 valence electrons. The summed E-state index contributed by atoms with van der Waals surface area (Å²) in [5, 5.41) is -0.381. The highest BCUT2D eigenvalue weighted by Gasteiger charge is 2.18. The summed E-state index contributed by atoms with van der Waals surface area (Å²) in [6.07, 6.45) is 0. The first-order valence-electron chi connectivity index (χ1n) is 4.85. The molecule has 0 unspecified atom stereocenters. The summed E-state index contributed by atoms with van der Waals surface area (Å²) >= 11 is 0. The molecule has 3 heteroatoms. The predicted molar refractivity (Wildman–Crippen MR) is 63.5 cm³/mol. The molecule has 0 heterocycles. The molecule has 15 heavy (non-hydrogen) atoms. The molecule has 0 N–H and O–H groups in total. The Kier molecular flexibility index (Phi) is 3.35. The zero-order valence-corrected chi connectivity index (χ0v) is 10.1. The molecule has 1 aromatic carbocycles. The maximum Gasteiger partial charge on any atom is 0.180 e. The molecular formula is C12H16O2S. The minimum Gasteiger partial charge on any atom is -0.223 e. The van der Waals surface area contributed by atoms with Gasteiger partial charge in [0, 0.05) is 0 Å². The predicted octanol–water partition coefficient (Wildman–Crippen LogP) is 2.90. The van der Waals surface area contributed by atoms with Gasteiger partial charge >= 0.3 is 0 Å². The molecule has 0 atom stereocenters. The number of rotatable bonds is 3. The van der Waals surface area contributed by atoms with E-state index in [2.05, 4.69) is 6.58 Å². The lowest BCUT2D eigenvalue weighted by atomic mass is 10.1. The molecule has 0 radical (unpaired) electrons. The second-order valence-electron chi connectivity index (χ2n) is 3.90. The van der Waals surface area contributed by atoms with Gasteiger partial charge in [-0.25, -0.2) is 8.42 Å². The van der Waals surface area contributed by atoms with Crippen molar-refractivity contribution in [1.82, 2.24) is 0 Å². The topological polar surface area (TPSA) is 34.1 Å². The molecule has 0 amide bonds. The number of benzene rings is 1. The summed E-state index contributed by atoms with van der Waals surface area (Å²) in [5.41, 5.74) is 1.90. The van der Waals surface area contributed by atoms with Crippen LogP contribution in [0.25, 0.3) is 5.57 Å². The Bertz CT molecular complexity index is 453. The number of hydrogen-bond donors (Lipinski definition) is 0. The normalized spacial score (nSPS) is 11.7. The summed E-state index contributed by atoms with van der Waals surface area (Å²) < 4.78 is 23.6. The van der Waals surface area contributed by atoms with Crippen molar-refractivity contribution >= 4 is 15.4 Å². The highest BCUT2D eigenvalue weighted by molar-refractivity contribution is 7.92. The van der Waals surface area contributed by atoms with Crippen LogP contribution in [-0.4, -0.2) is 13.7 Å². The van der Waals surface area contributed by atoms with Crippen LogP contribution in [0, 0.1) is 0 Å². The molecule has 0 aliphatic heterocycles. The van der Waals surface area contributed by atoms with E-state index in [-0.39, 0.29) is 5.25 Å². The molecule has 0 aliphatic carbocycles. The monoisotopic (exact) mass is 224 g/mol. The smallest absolute Gasteiger partial charge is 0.180 e. The van der Waals surface area contributed by atoms with Crippen LogP contribution in [0.3, 0.4) is 0 Å². The average molecular weight is 224 g/mol. The van der Waals surface area contributed by atoms with Crippen molar-refractivity contribution in [3.05, 3.63) is 36.4 Å². The fourth-order valence-corrected chi connectivity index (χ4v) is 2.26. The van der Waals surface area contributed by atoms with E-state index in [1.54, 1.807) is 38.1 Å². The van der Waals surface area contributed by atoms with Gasteiger partial charge in [-0.2, -0.15) is 0 Å². The van der Waals surface area contributed by atoms with Crippen molar-refractivity contribution in [2.75, 3.05) is 0 Å². The first-order chi connectivity index (χ1) is 6.85. The van der Waals surface area contributed by atoms with Gasteiger partial charge in [0.15, 0.2) is 9.84 Å². The molecule has 0 spiro atoms. The van der Waals surface area contributed by atoms with Gasteiger partial charge in [0.05, 0.1) is 10.1 Å². The van der Waals surface area contributed by atoms with Crippen molar-refractivity contribution < 1.29 is 8.42 Å². The Morgan fingerprint density at radius 2 is 1.67 bits per heavy atom. The van der Waals surface area contributed by atoms with Gasteiger partial charge in [0.25, 0.3) is 0 Å². The molecule has 0 fully saturated rings. The third kappa shape index (κ3) is 2.48. The van der Waals surface area contributed by atoms with Gasteiger partial charge in [-0.05, 0) is 38.5 Å². The molecule has 1 aromatic rings. The number of hydrogen-bond acceptors (Lipinski definition) is 2. The van der Waals surface area contributed by atoms with Crippen LogP contribution in [0.5, 0.6) is 0 Å². The Hall–Kier alpha value is -1.09. The van der Waals surface area contributed by atoms with Crippen LogP contribution >= 0.6 is 0 Å². The van der Waals surface area contributed by atoms with Crippen molar-refractivity contribution in [3.8, 4) is 0 Å². The second kappa shape index (κ2) is 4.19. The lowest BCUT2D eigenvalue weighted by molar-refractivity contribution is 0.587. The van der Waals surface area contributed by atoms with E-state index >= 15 is 0 Å². The number of sulfone groups is 1. The molecule has 0 bridgehead atoms. The van der Waals surface area contributed by atoms with E-state index in [0.29, 0.717) is 4.90 Å². The van der Waals surface area contributed by atoms with Crippen LogP contribution in [0.2, 0.25) is 0 Å². The SMILES string of the molecule is C=C(C)c1ccc(S(=O)(=O)C(C)C)cc1. The summed E-state index contributed by atoms with van der Waals surface area (Å²) in [6.45, 7) is 9.06. The van der Waals surface area contributed by atoms with Crippen LogP contribution in [0.4, 0.5) is 0 Å². The first kappa shape index (κ1) is 12.0. The number of allylic oxidation sites excluding steroid dienone is 1. The van der Waals surface area contributed by atoms with E-state index < -0.39 is 9.84 Å². The van der Waals surface area contributed by atoms with Gasteiger partial charge in [-0.3, -0.25) is 0 Å². The van der Waals surface area contributed by atoms with Crippen molar-refractivity contribution in [3.63, 3.8) is 0 Å². The van der Waals surface area contributed by atoms with Gasteiger partial charge in [0.2, 0.25) is 0 Å². The summed E-state index contributed by atoms with van der Waals surface area (Å²) in [6, 6.07) is 6.86. The maximum atomic E-state index is 11.8. The molecular weight excluding hydrogens is 208 g/mol. The van der Waals surface area contributed by atoms with Gasteiger partial charge in [-0.1, -0.05) is 24.3 Å². The Morgan fingerprint density at radius 1 is 1.20 bits per heavy atom. The maximum absolute atomic E-state index is 11.8. The van der Waals surface area contributed by atoms with Crippen molar-refractivity contribution in [1.29, 1.82) is 0 Å². The highest BCUT2D eigenvalue weighted by Crippen LogP contribution is 2.19. The minimum absolute atomic E-state index is 0.377. The average Bonchev–Trinajstić information content (AvgIpc) is 2.17. The third-order valence-corrected chi connectivity index (χ3v) is 4.47. The second-order valence-corrected chi connectivity index (χ2v) is 6.40. The molecule has 1 rings (SSSR count). The zero-order valence-electron chi connectivity index (χ0n) is 9.32. The molecule has 0 aromatic heterocycles. The van der Waals surface area contributed by atoms with Crippen LogP contribution in [-0.2, 0) is 9.84 Å². The van der Waals surface area contributed by atoms with Gasteiger partial charge in [-0.15, -0.1) is 0 Å². The third-order valence-electron chi connectivity index (χ3n) is 2.30. The Balaban J connectivity index is 3.15. The summed E-state index contributed by atoms with van der Waals surface area (Å²) in [7, 11) is -3.15. The van der Waals surface area contributed by atoms with E-state index in [1.165, 1.54) is 0 Å². The van der Waals surface area contributed by atoms with Crippen LogP contribution in [0.15, 0.2) is 35.7 Å². The van der Waals surface area contributed by atoms with E-state index in [9.17, 15) is 8.42 Å². The molecule has 0 saturated carbocycles. The van der Waals surface area contributed by atoms with Gasteiger partial charge < -0.3 is 0 Å². The quantitative estimate of drug-likeness (QED) is 0.791. The van der Waals surface area contributed by atoms with Crippen molar-refractivity contribution in [2.24, 2.45) is 0 Å². The Morgan fingerprint density at radius 3 is 2.00 bits per heavy atom. The van der Waals surface area contributed by atoms with Crippen molar-refractivity contribution in [2.45, 2.75) is 30.9 Å².